The Hall–Kier alpha value is -3.02. The van der Waals surface area contributed by atoms with Crippen LogP contribution in [-0.2, 0) is 9.53 Å². The van der Waals surface area contributed by atoms with E-state index < -0.39 is 17.0 Å². The van der Waals surface area contributed by atoms with Crippen LogP contribution in [0.1, 0.15) is 108 Å². The van der Waals surface area contributed by atoms with E-state index >= 15 is 0 Å². The van der Waals surface area contributed by atoms with E-state index in [1.807, 2.05) is 26.0 Å². The Labute approximate surface area is 215 Å². The predicted molar refractivity (Wildman–Crippen MR) is 142 cm³/mol. The molecule has 0 bridgehead atoms. The van der Waals surface area contributed by atoms with Crippen LogP contribution in [0.2, 0.25) is 0 Å². The zero-order valence-corrected chi connectivity index (χ0v) is 22.6. The zero-order chi connectivity index (χ0) is 26.9. The Morgan fingerprint density at radius 1 is 1.00 bits per heavy atom. The van der Waals surface area contributed by atoms with Gasteiger partial charge >= 0.3 is 11.9 Å². The van der Waals surface area contributed by atoms with E-state index in [2.05, 4.69) is 13.8 Å². The molecule has 1 aliphatic rings. The van der Waals surface area contributed by atoms with E-state index in [0.29, 0.717) is 18.1 Å². The van der Waals surface area contributed by atoms with Gasteiger partial charge in [0.1, 0.15) is 28.4 Å². The number of phenolic OH excluding ortho intramolecular Hbond substituents is 2. The van der Waals surface area contributed by atoms with Crippen LogP contribution in [0, 0.1) is 5.41 Å². The molecular weight excluding hydrogens is 456 g/mol. The highest BCUT2D eigenvalue weighted by atomic mass is 16.6. The Balaban J connectivity index is 0.000000346. The summed E-state index contributed by atoms with van der Waals surface area (Å²) < 4.78 is 11.1. The fraction of sp³-hybridized carbons (Fsp3) is 0.533. The van der Waals surface area contributed by atoms with Gasteiger partial charge in [-0.05, 0) is 101 Å². The third kappa shape index (κ3) is 7.74. The summed E-state index contributed by atoms with van der Waals surface area (Å²) in [7, 11) is 0. The average molecular weight is 499 g/mol. The van der Waals surface area contributed by atoms with E-state index in [9.17, 15) is 14.7 Å². The van der Waals surface area contributed by atoms with Crippen LogP contribution in [0.4, 0.5) is 0 Å². The van der Waals surface area contributed by atoms with Crippen LogP contribution in [0.15, 0.2) is 42.5 Å². The summed E-state index contributed by atoms with van der Waals surface area (Å²) in [6, 6.07) is 11.6. The smallest absolute Gasteiger partial charge is 0.342 e. The molecule has 6 heteroatoms. The first-order valence-corrected chi connectivity index (χ1v) is 13.0. The van der Waals surface area contributed by atoms with E-state index in [4.69, 9.17) is 14.6 Å². The lowest BCUT2D eigenvalue weighted by Gasteiger charge is -2.27. The minimum absolute atomic E-state index is 0.0272. The summed E-state index contributed by atoms with van der Waals surface area (Å²) in [6.45, 7) is 11.9. The molecule has 2 N–H and O–H groups in total. The summed E-state index contributed by atoms with van der Waals surface area (Å²) in [5, 5.41) is 19.0. The highest BCUT2D eigenvalue weighted by Gasteiger charge is 2.37. The van der Waals surface area contributed by atoms with Gasteiger partial charge in [-0.25, -0.2) is 4.79 Å². The van der Waals surface area contributed by atoms with Crippen molar-refractivity contribution in [2.24, 2.45) is 5.41 Å². The molecule has 1 saturated carbocycles. The highest BCUT2D eigenvalue weighted by molar-refractivity contribution is 5.93. The molecule has 3 rings (SSSR count). The number of rotatable bonds is 8. The largest absolute Gasteiger partial charge is 0.508 e. The Bertz CT molecular complexity index is 1000. The standard InChI is InChI=1S/C20H28O5.C10H14O/c1-5-19(3,4)18(23)24-14-9-10-16(21)15(13-14)17(22)25-20(6-2)11-7-8-12-20;1-3-8(2)9-4-6-10(11)7-5-9/h9-10,13,21H,5-8,11-12H2,1-4H3;4-8,11H,3H2,1-2H3. The van der Waals surface area contributed by atoms with Crippen molar-refractivity contribution in [3.05, 3.63) is 53.6 Å². The minimum atomic E-state index is -0.616. The van der Waals surface area contributed by atoms with Gasteiger partial charge in [-0.3, -0.25) is 4.79 Å². The second-order valence-electron chi connectivity index (χ2n) is 10.3. The van der Waals surface area contributed by atoms with Crippen LogP contribution in [-0.4, -0.2) is 27.8 Å². The highest BCUT2D eigenvalue weighted by Crippen LogP contribution is 2.37. The number of hydrogen-bond donors (Lipinski definition) is 2. The van der Waals surface area contributed by atoms with Gasteiger partial charge in [-0.15, -0.1) is 0 Å². The maximum absolute atomic E-state index is 12.6. The summed E-state index contributed by atoms with van der Waals surface area (Å²) in [5.74, 6) is 0.0411. The third-order valence-electron chi connectivity index (χ3n) is 7.38. The normalized spacial score (nSPS) is 15.4. The van der Waals surface area contributed by atoms with Crippen LogP contribution >= 0.6 is 0 Å². The lowest BCUT2D eigenvalue weighted by Crippen LogP contribution is -2.31. The fourth-order valence-electron chi connectivity index (χ4n) is 3.97. The van der Waals surface area contributed by atoms with Crippen molar-refractivity contribution in [2.45, 2.75) is 98.0 Å². The van der Waals surface area contributed by atoms with Gasteiger partial charge < -0.3 is 19.7 Å². The van der Waals surface area contributed by atoms with Crippen LogP contribution in [0.3, 0.4) is 0 Å². The van der Waals surface area contributed by atoms with E-state index in [-0.39, 0.29) is 23.0 Å². The number of aromatic hydroxyl groups is 2. The van der Waals surface area contributed by atoms with Gasteiger partial charge in [0.05, 0.1) is 5.41 Å². The third-order valence-corrected chi connectivity index (χ3v) is 7.38. The quantitative estimate of drug-likeness (QED) is 0.289. The number of carbonyl (C=O) groups excluding carboxylic acids is 2. The molecule has 198 valence electrons. The monoisotopic (exact) mass is 498 g/mol. The van der Waals surface area contributed by atoms with Crippen LogP contribution < -0.4 is 4.74 Å². The van der Waals surface area contributed by atoms with Gasteiger partial charge in [0.2, 0.25) is 0 Å². The number of hydrogen-bond acceptors (Lipinski definition) is 6. The Morgan fingerprint density at radius 2 is 1.61 bits per heavy atom. The van der Waals surface area contributed by atoms with Crippen molar-refractivity contribution in [2.75, 3.05) is 0 Å². The second kappa shape index (κ2) is 12.8. The number of phenols is 2. The molecular formula is C30H42O6. The molecule has 1 atom stereocenters. The SMILES string of the molecule is CCC(C)c1ccc(O)cc1.CCC1(OC(=O)c2cc(OC(=O)C(C)(C)CC)ccc2O)CCCC1. The first-order chi connectivity index (χ1) is 17.0. The number of ether oxygens (including phenoxy) is 2. The summed E-state index contributed by atoms with van der Waals surface area (Å²) in [6.07, 6.45) is 6.29. The molecule has 2 aromatic carbocycles. The molecule has 1 unspecified atom stereocenters. The zero-order valence-electron chi connectivity index (χ0n) is 22.6. The van der Waals surface area contributed by atoms with Crippen molar-refractivity contribution in [3.8, 4) is 17.2 Å². The maximum atomic E-state index is 12.6. The molecule has 6 nitrogen and oxygen atoms in total. The van der Waals surface area contributed by atoms with E-state index in [0.717, 1.165) is 38.5 Å². The molecule has 0 aliphatic heterocycles. The van der Waals surface area contributed by atoms with Crippen molar-refractivity contribution < 1.29 is 29.3 Å². The van der Waals surface area contributed by atoms with Crippen molar-refractivity contribution in [1.29, 1.82) is 0 Å². The molecule has 0 amide bonds. The van der Waals surface area contributed by atoms with Crippen LogP contribution in [0.25, 0.3) is 0 Å². The average Bonchev–Trinajstić information content (AvgIpc) is 3.34. The van der Waals surface area contributed by atoms with Gasteiger partial charge in [-0.1, -0.05) is 39.8 Å². The maximum Gasteiger partial charge on any atom is 0.342 e. The second-order valence-corrected chi connectivity index (χ2v) is 10.3. The minimum Gasteiger partial charge on any atom is -0.508 e. The molecule has 36 heavy (non-hydrogen) atoms. The van der Waals surface area contributed by atoms with Crippen molar-refractivity contribution in [1.82, 2.24) is 0 Å². The molecule has 1 aliphatic carbocycles. The molecule has 0 aromatic heterocycles. The van der Waals surface area contributed by atoms with Gasteiger partial charge in [0.25, 0.3) is 0 Å². The molecule has 0 heterocycles. The van der Waals surface area contributed by atoms with Gasteiger partial charge in [-0.2, -0.15) is 0 Å². The number of benzene rings is 2. The summed E-state index contributed by atoms with van der Waals surface area (Å²) in [5.41, 5.74) is 0.263. The summed E-state index contributed by atoms with van der Waals surface area (Å²) in [4.78, 5) is 24.8. The topological polar surface area (TPSA) is 93.1 Å². The number of carbonyl (C=O) groups is 2. The van der Waals surface area contributed by atoms with E-state index in [1.54, 1.807) is 26.0 Å². The molecule has 0 saturated heterocycles. The predicted octanol–water partition coefficient (Wildman–Crippen LogP) is 7.52. The molecule has 0 radical (unpaired) electrons. The number of esters is 2. The Kier molecular flexibility index (Phi) is 10.4. The van der Waals surface area contributed by atoms with Crippen molar-refractivity contribution >= 4 is 11.9 Å². The molecule has 2 aromatic rings. The lowest BCUT2D eigenvalue weighted by atomic mass is 9.91. The van der Waals surface area contributed by atoms with Crippen molar-refractivity contribution in [3.63, 3.8) is 0 Å². The first-order valence-electron chi connectivity index (χ1n) is 13.0. The van der Waals surface area contributed by atoms with Crippen LogP contribution in [0.5, 0.6) is 17.2 Å². The first kappa shape index (κ1) is 29.2. The molecule has 0 spiro atoms. The van der Waals surface area contributed by atoms with Gasteiger partial charge in [0.15, 0.2) is 0 Å². The lowest BCUT2D eigenvalue weighted by molar-refractivity contribution is -0.144. The summed E-state index contributed by atoms with van der Waals surface area (Å²) >= 11 is 0. The van der Waals surface area contributed by atoms with E-state index in [1.165, 1.54) is 23.8 Å². The fourth-order valence-corrected chi connectivity index (χ4v) is 3.97. The van der Waals surface area contributed by atoms with Gasteiger partial charge in [0, 0.05) is 0 Å². The molecule has 1 fully saturated rings. The Morgan fingerprint density at radius 3 is 2.14 bits per heavy atom.